The lowest BCUT2D eigenvalue weighted by molar-refractivity contribution is -0.130. The summed E-state index contributed by atoms with van der Waals surface area (Å²) in [6, 6.07) is 6.63. The van der Waals surface area contributed by atoms with E-state index in [2.05, 4.69) is 0 Å². The van der Waals surface area contributed by atoms with Crippen molar-refractivity contribution in [2.24, 2.45) is 0 Å². The SMILES string of the molecule is CCN(CC)C(=O)Cc1cc(=O)oc2cc(OC)ccc12. The number of likely N-dealkylation sites (N-methyl/N-ethyl adjacent to an activating group) is 1. The normalized spacial score (nSPS) is 10.6. The Hall–Kier alpha value is -2.30. The first-order valence-electron chi connectivity index (χ1n) is 6.97. The number of fused-ring (bicyclic) bond motifs is 1. The van der Waals surface area contributed by atoms with Crippen LogP contribution in [-0.2, 0) is 11.2 Å². The summed E-state index contributed by atoms with van der Waals surface area (Å²) in [5.74, 6) is 0.612. The fraction of sp³-hybridized carbons (Fsp3) is 0.375. The van der Waals surface area contributed by atoms with Gasteiger partial charge in [0.2, 0.25) is 5.91 Å². The molecule has 1 aromatic heterocycles. The van der Waals surface area contributed by atoms with Gasteiger partial charge in [0, 0.05) is 30.6 Å². The summed E-state index contributed by atoms with van der Waals surface area (Å²) in [5, 5.41) is 0.760. The molecule has 0 aliphatic heterocycles. The van der Waals surface area contributed by atoms with Crippen LogP contribution in [0.2, 0.25) is 0 Å². The first-order chi connectivity index (χ1) is 10.1. The highest BCUT2D eigenvalue weighted by Crippen LogP contribution is 2.23. The Labute approximate surface area is 123 Å². The number of hydrogen-bond acceptors (Lipinski definition) is 4. The first kappa shape index (κ1) is 15.1. The Morgan fingerprint density at radius 2 is 1.95 bits per heavy atom. The van der Waals surface area contributed by atoms with E-state index in [1.807, 2.05) is 19.9 Å². The third kappa shape index (κ3) is 3.24. The molecule has 0 saturated carbocycles. The van der Waals surface area contributed by atoms with Gasteiger partial charge in [-0.15, -0.1) is 0 Å². The highest BCUT2D eigenvalue weighted by atomic mass is 16.5. The molecule has 0 fully saturated rings. The number of ether oxygens (including phenoxy) is 1. The molecule has 1 amide bonds. The Kier molecular flexibility index (Phi) is 4.62. The quantitative estimate of drug-likeness (QED) is 0.792. The van der Waals surface area contributed by atoms with Crippen molar-refractivity contribution in [1.82, 2.24) is 4.90 Å². The van der Waals surface area contributed by atoms with E-state index in [1.54, 1.807) is 24.1 Å². The summed E-state index contributed by atoms with van der Waals surface area (Å²) in [5.41, 5.74) is 0.656. The Balaban J connectivity index is 2.44. The molecule has 112 valence electrons. The van der Waals surface area contributed by atoms with Gasteiger partial charge < -0.3 is 14.1 Å². The molecule has 0 atom stereocenters. The van der Waals surface area contributed by atoms with Crippen LogP contribution in [0.4, 0.5) is 0 Å². The topological polar surface area (TPSA) is 59.8 Å². The van der Waals surface area contributed by atoms with Crippen LogP contribution < -0.4 is 10.4 Å². The Morgan fingerprint density at radius 3 is 2.57 bits per heavy atom. The van der Waals surface area contributed by atoms with Crippen LogP contribution in [0.15, 0.2) is 33.5 Å². The number of carbonyl (C=O) groups is 1. The average molecular weight is 289 g/mol. The molecule has 5 heteroatoms. The van der Waals surface area contributed by atoms with Crippen LogP contribution in [0.5, 0.6) is 5.75 Å². The monoisotopic (exact) mass is 289 g/mol. The van der Waals surface area contributed by atoms with Crippen LogP contribution in [-0.4, -0.2) is 31.0 Å². The van der Waals surface area contributed by atoms with E-state index < -0.39 is 5.63 Å². The van der Waals surface area contributed by atoms with Crippen LogP contribution in [0.25, 0.3) is 11.0 Å². The maximum Gasteiger partial charge on any atom is 0.336 e. The summed E-state index contributed by atoms with van der Waals surface area (Å²) in [6.07, 6.45) is 0.191. The second-order valence-corrected chi connectivity index (χ2v) is 4.70. The maximum absolute atomic E-state index is 12.2. The zero-order chi connectivity index (χ0) is 15.4. The van der Waals surface area contributed by atoms with Crippen molar-refractivity contribution in [3.05, 3.63) is 40.2 Å². The standard InChI is InChI=1S/C16H19NO4/c1-4-17(5-2)15(18)8-11-9-16(19)21-14-10-12(20-3)6-7-13(11)14/h6-7,9-10H,4-5,8H2,1-3H3. The molecule has 0 aliphatic rings. The number of benzene rings is 1. The van der Waals surface area contributed by atoms with E-state index in [4.69, 9.17) is 9.15 Å². The molecule has 5 nitrogen and oxygen atoms in total. The molecular weight excluding hydrogens is 270 g/mol. The van der Waals surface area contributed by atoms with Gasteiger partial charge in [-0.2, -0.15) is 0 Å². The summed E-state index contributed by atoms with van der Waals surface area (Å²) in [6.45, 7) is 5.18. The van der Waals surface area contributed by atoms with Crippen molar-refractivity contribution in [3.63, 3.8) is 0 Å². The van der Waals surface area contributed by atoms with Crippen molar-refractivity contribution >= 4 is 16.9 Å². The molecule has 0 N–H and O–H groups in total. The molecule has 0 aliphatic carbocycles. The zero-order valence-electron chi connectivity index (χ0n) is 12.5. The van der Waals surface area contributed by atoms with E-state index in [9.17, 15) is 9.59 Å². The third-order valence-corrected chi connectivity index (χ3v) is 3.50. The fourth-order valence-electron chi connectivity index (χ4n) is 2.33. The number of hydrogen-bond donors (Lipinski definition) is 0. The number of methoxy groups -OCH3 is 1. The van der Waals surface area contributed by atoms with Crippen molar-refractivity contribution in [1.29, 1.82) is 0 Å². The van der Waals surface area contributed by atoms with E-state index in [-0.39, 0.29) is 12.3 Å². The fourth-order valence-corrected chi connectivity index (χ4v) is 2.33. The second kappa shape index (κ2) is 6.43. The minimum atomic E-state index is -0.460. The van der Waals surface area contributed by atoms with Gasteiger partial charge in [-0.3, -0.25) is 4.79 Å². The summed E-state index contributed by atoms with van der Waals surface area (Å²) >= 11 is 0. The van der Waals surface area contributed by atoms with Gasteiger partial charge in [0.05, 0.1) is 13.5 Å². The molecule has 1 aromatic carbocycles. The van der Waals surface area contributed by atoms with E-state index in [0.717, 1.165) is 5.39 Å². The van der Waals surface area contributed by atoms with Gasteiger partial charge in [-0.1, -0.05) is 0 Å². The first-order valence-corrected chi connectivity index (χ1v) is 6.97. The van der Waals surface area contributed by atoms with Gasteiger partial charge in [-0.05, 0) is 31.5 Å². The third-order valence-electron chi connectivity index (χ3n) is 3.50. The van der Waals surface area contributed by atoms with Crippen molar-refractivity contribution in [2.75, 3.05) is 20.2 Å². The van der Waals surface area contributed by atoms with Crippen LogP contribution in [0.3, 0.4) is 0 Å². The molecule has 0 spiro atoms. The number of rotatable bonds is 5. The van der Waals surface area contributed by atoms with Gasteiger partial charge in [0.15, 0.2) is 0 Å². The van der Waals surface area contributed by atoms with E-state index >= 15 is 0 Å². The highest BCUT2D eigenvalue weighted by molar-refractivity contribution is 5.87. The summed E-state index contributed by atoms with van der Waals surface area (Å²) < 4.78 is 10.3. The molecule has 2 rings (SSSR count). The molecule has 0 unspecified atom stereocenters. The van der Waals surface area contributed by atoms with Gasteiger partial charge in [-0.25, -0.2) is 4.79 Å². The minimum Gasteiger partial charge on any atom is -0.497 e. The predicted molar refractivity (Wildman–Crippen MR) is 80.7 cm³/mol. The Morgan fingerprint density at radius 1 is 1.24 bits per heavy atom. The predicted octanol–water partition coefficient (Wildman–Crippen LogP) is 2.21. The lowest BCUT2D eigenvalue weighted by atomic mass is 10.1. The smallest absolute Gasteiger partial charge is 0.336 e. The number of carbonyl (C=O) groups excluding carboxylic acids is 1. The van der Waals surface area contributed by atoms with Gasteiger partial charge in [0.1, 0.15) is 11.3 Å². The molecule has 0 bridgehead atoms. The molecule has 0 saturated heterocycles. The average Bonchev–Trinajstić information content (AvgIpc) is 2.47. The lowest BCUT2D eigenvalue weighted by Crippen LogP contribution is -2.32. The lowest BCUT2D eigenvalue weighted by Gasteiger charge is -2.18. The van der Waals surface area contributed by atoms with Crippen molar-refractivity contribution in [2.45, 2.75) is 20.3 Å². The molecule has 21 heavy (non-hydrogen) atoms. The molecule has 2 aromatic rings. The molecular formula is C16H19NO4. The van der Waals surface area contributed by atoms with Gasteiger partial charge in [0.25, 0.3) is 0 Å². The second-order valence-electron chi connectivity index (χ2n) is 4.70. The molecule has 0 radical (unpaired) electrons. The summed E-state index contributed by atoms with van der Waals surface area (Å²) in [7, 11) is 1.55. The summed E-state index contributed by atoms with van der Waals surface area (Å²) in [4.78, 5) is 25.6. The van der Waals surface area contributed by atoms with E-state index in [0.29, 0.717) is 30.0 Å². The van der Waals surface area contributed by atoms with Crippen molar-refractivity contribution < 1.29 is 13.9 Å². The molecule has 1 heterocycles. The van der Waals surface area contributed by atoms with Crippen LogP contribution in [0.1, 0.15) is 19.4 Å². The zero-order valence-corrected chi connectivity index (χ0v) is 12.5. The van der Waals surface area contributed by atoms with Crippen LogP contribution in [0, 0.1) is 0 Å². The minimum absolute atomic E-state index is 0.00252. The van der Waals surface area contributed by atoms with E-state index in [1.165, 1.54) is 6.07 Å². The van der Waals surface area contributed by atoms with Gasteiger partial charge >= 0.3 is 5.63 Å². The number of amides is 1. The Bertz CT molecular complexity index is 701. The highest BCUT2D eigenvalue weighted by Gasteiger charge is 2.14. The van der Waals surface area contributed by atoms with Crippen LogP contribution >= 0.6 is 0 Å². The largest absolute Gasteiger partial charge is 0.497 e. The number of nitrogens with zero attached hydrogens (tertiary/aromatic N) is 1. The van der Waals surface area contributed by atoms with Crippen molar-refractivity contribution in [3.8, 4) is 5.75 Å². The maximum atomic E-state index is 12.2.